The SMILES string of the molecule is S=C(N/N=C\C=C\c1ccccc1)N[C@@H]1C[C@@H]2C[C@@H]1[C@H]1C=CC[C@H]21. The van der Waals surface area contributed by atoms with E-state index in [2.05, 4.69) is 40.1 Å². The van der Waals surface area contributed by atoms with E-state index in [0.29, 0.717) is 11.2 Å². The summed E-state index contributed by atoms with van der Waals surface area (Å²) in [6, 6.07) is 10.7. The van der Waals surface area contributed by atoms with Gasteiger partial charge in [-0.25, -0.2) is 0 Å². The molecule has 4 heteroatoms. The van der Waals surface area contributed by atoms with Gasteiger partial charge in [0.15, 0.2) is 5.11 Å². The third kappa shape index (κ3) is 3.16. The van der Waals surface area contributed by atoms with Gasteiger partial charge in [-0.15, -0.1) is 0 Å². The summed E-state index contributed by atoms with van der Waals surface area (Å²) in [5.41, 5.74) is 4.09. The normalized spacial score (nSPS) is 33.4. The zero-order chi connectivity index (χ0) is 16.4. The lowest BCUT2D eigenvalue weighted by molar-refractivity contribution is 0.246. The van der Waals surface area contributed by atoms with Crippen molar-refractivity contribution in [3.63, 3.8) is 0 Å². The Morgan fingerprint density at radius 1 is 1.17 bits per heavy atom. The quantitative estimate of drug-likeness (QED) is 0.380. The zero-order valence-corrected chi connectivity index (χ0v) is 14.5. The second-order valence-electron chi connectivity index (χ2n) is 7.04. The van der Waals surface area contributed by atoms with E-state index in [1.54, 1.807) is 6.21 Å². The predicted octanol–water partition coefficient (Wildman–Crippen LogP) is 3.75. The Labute approximate surface area is 148 Å². The van der Waals surface area contributed by atoms with Gasteiger partial charge in [-0.2, -0.15) is 5.10 Å². The number of hydrogen-bond donors (Lipinski definition) is 2. The highest BCUT2D eigenvalue weighted by Crippen LogP contribution is 2.56. The van der Waals surface area contributed by atoms with Crippen LogP contribution in [0.1, 0.15) is 24.8 Å². The Hall–Kier alpha value is -1.94. The monoisotopic (exact) mass is 337 g/mol. The van der Waals surface area contributed by atoms with Crippen LogP contribution in [-0.4, -0.2) is 17.4 Å². The van der Waals surface area contributed by atoms with Gasteiger partial charge in [0, 0.05) is 12.3 Å². The van der Waals surface area contributed by atoms with Crippen LogP contribution in [0.25, 0.3) is 6.08 Å². The summed E-state index contributed by atoms with van der Waals surface area (Å²) in [5, 5.41) is 8.29. The topological polar surface area (TPSA) is 36.4 Å². The van der Waals surface area contributed by atoms with Crippen LogP contribution in [0.15, 0.2) is 53.7 Å². The van der Waals surface area contributed by atoms with Gasteiger partial charge in [0.25, 0.3) is 0 Å². The van der Waals surface area contributed by atoms with E-state index < -0.39 is 0 Å². The van der Waals surface area contributed by atoms with E-state index in [0.717, 1.165) is 29.2 Å². The van der Waals surface area contributed by atoms with Crippen molar-refractivity contribution in [1.82, 2.24) is 10.7 Å². The minimum atomic E-state index is 0.508. The van der Waals surface area contributed by atoms with E-state index >= 15 is 0 Å². The summed E-state index contributed by atoms with van der Waals surface area (Å²) in [6.45, 7) is 0. The molecule has 2 bridgehead atoms. The van der Waals surface area contributed by atoms with Crippen molar-refractivity contribution in [2.75, 3.05) is 0 Å². The molecule has 2 fully saturated rings. The summed E-state index contributed by atoms with van der Waals surface area (Å²) in [6.07, 6.45) is 14.4. The molecule has 0 amide bonds. The van der Waals surface area contributed by atoms with Crippen LogP contribution in [0.2, 0.25) is 0 Å². The molecular formula is C20H23N3S. The number of thiocarbonyl (C=S) groups is 1. The maximum Gasteiger partial charge on any atom is 0.187 e. The predicted molar refractivity (Wildman–Crippen MR) is 104 cm³/mol. The molecule has 0 aromatic heterocycles. The first kappa shape index (κ1) is 15.6. The van der Waals surface area contributed by atoms with Gasteiger partial charge in [-0.3, -0.25) is 5.43 Å². The number of fused-ring (bicyclic) bond motifs is 5. The maximum absolute atomic E-state index is 5.39. The van der Waals surface area contributed by atoms with Gasteiger partial charge in [0.1, 0.15) is 0 Å². The van der Waals surface area contributed by atoms with E-state index in [1.165, 1.54) is 19.3 Å². The van der Waals surface area contributed by atoms with Crippen molar-refractivity contribution in [2.45, 2.75) is 25.3 Å². The molecule has 1 aromatic rings. The smallest absolute Gasteiger partial charge is 0.187 e. The minimum absolute atomic E-state index is 0.508. The first-order chi connectivity index (χ1) is 11.8. The highest BCUT2D eigenvalue weighted by atomic mass is 32.1. The molecule has 5 atom stereocenters. The molecule has 2 N–H and O–H groups in total. The number of allylic oxidation sites excluding steroid dienone is 3. The largest absolute Gasteiger partial charge is 0.358 e. The van der Waals surface area contributed by atoms with Crippen LogP contribution in [0, 0.1) is 23.7 Å². The Balaban J connectivity index is 1.24. The average Bonchev–Trinajstić information content (AvgIpc) is 3.28. The molecule has 1 aromatic carbocycles. The molecule has 24 heavy (non-hydrogen) atoms. The summed E-state index contributed by atoms with van der Waals surface area (Å²) in [5.74, 6) is 3.32. The molecule has 0 heterocycles. The summed E-state index contributed by atoms with van der Waals surface area (Å²) >= 11 is 5.39. The van der Waals surface area contributed by atoms with Crippen molar-refractivity contribution in [1.29, 1.82) is 0 Å². The second kappa shape index (κ2) is 6.89. The van der Waals surface area contributed by atoms with Crippen LogP contribution in [0.3, 0.4) is 0 Å². The van der Waals surface area contributed by atoms with Crippen LogP contribution in [-0.2, 0) is 0 Å². The molecule has 0 spiro atoms. The highest BCUT2D eigenvalue weighted by Gasteiger charge is 2.52. The third-order valence-corrected chi connectivity index (χ3v) is 5.95. The fourth-order valence-corrected chi connectivity index (χ4v) is 4.97. The van der Waals surface area contributed by atoms with E-state index in [4.69, 9.17) is 12.2 Å². The fourth-order valence-electron chi connectivity index (χ4n) is 4.77. The van der Waals surface area contributed by atoms with Crippen LogP contribution < -0.4 is 10.7 Å². The Morgan fingerprint density at radius 3 is 2.92 bits per heavy atom. The number of benzene rings is 1. The third-order valence-electron chi connectivity index (χ3n) is 5.74. The average molecular weight is 337 g/mol. The minimum Gasteiger partial charge on any atom is -0.358 e. The molecule has 0 aliphatic heterocycles. The first-order valence-corrected chi connectivity index (χ1v) is 9.20. The number of hydrazone groups is 1. The lowest BCUT2D eigenvalue weighted by Crippen LogP contribution is -2.45. The van der Waals surface area contributed by atoms with Gasteiger partial charge >= 0.3 is 0 Å². The maximum atomic E-state index is 5.39. The Morgan fingerprint density at radius 2 is 2.04 bits per heavy atom. The van der Waals surface area contributed by atoms with Gasteiger partial charge in [-0.1, -0.05) is 48.6 Å². The number of hydrogen-bond acceptors (Lipinski definition) is 2. The lowest BCUT2D eigenvalue weighted by Gasteiger charge is -2.32. The summed E-state index contributed by atoms with van der Waals surface area (Å²) in [7, 11) is 0. The number of nitrogens with one attached hydrogen (secondary N) is 2. The van der Waals surface area contributed by atoms with Gasteiger partial charge in [0.2, 0.25) is 0 Å². The van der Waals surface area contributed by atoms with Crippen molar-refractivity contribution in [2.24, 2.45) is 28.8 Å². The molecule has 0 saturated heterocycles. The summed E-state index contributed by atoms with van der Waals surface area (Å²) < 4.78 is 0. The van der Waals surface area contributed by atoms with Gasteiger partial charge in [0.05, 0.1) is 0 Å². The number of rotatable bonds is 4. The standard InChI is InChI=1S/C20H23N3S/c24-20(23-21-11-5-8-14-6-2-1-3-7-14)22-19-13-15-12-18(19)17-10-4-9-16(15)17/h1-8,10-11,15-19H,9,12-13H2,(H2,22,23,24)/b8-5+,21-11-/t15-,16+,17-,18+,19+/m0/s1. The second-order valence-corrected chi connectivity index (χ2v) is 7.45. The Bertz CT molecular complexity index is 679. The molecule has 124 valence electrons. The fraction of sp³-hybridized carbons (Fsp3) is 0.400. The molecular weight excluding hydrogens is 314 g/mol. The van der Waals surface area contributed by atoms with Gasteiger partial charge in [-0.05, 0) is 66.8 Å². The molecule has 3 nitrogen and oxygen atoms in total. The van der Waals surface area contributed by atoms with Crippen molar-refractivity contribution < 1.29 is 0 Å². The lowest BCUT2D eigenvalue weighted by atomic mass is 9.79. The highest BCUT2D eigenvalue weighted by molar-refractivity contribution is 7.80. The van der Waals surface area contributed by atoms with E-state index in [9.17, 15) is 0 Å². The van der Waals surface area contributed by atoms with E-state index in [1.807, 2.05) is 30.4 Å². The van der Waals surface area contributed by atoms with Crippen LogP contribution >= 0.6 is 12.2 Å². The molecule has 3 aliphatic carbocycles. The summed E-state index contributed by atoms with van der Waals surface area (Å²) in [4.78, 5) is 0. The van der Waals surface area contributed by atoms with Crippen molar-refractivity contribution in [3.8, 4) is 0 Å². The number of nitrogens with zero attached hydrogens (tertiary/aromatic N) is 1. The zero-order valence-electron chi connectivity index (χ0n) is 13.6. The molecule has 4 rings (SSSR count). The van der Waals surface area contributed by atoms with Gasteiger partial charge < -0.3 is 5.32 Å². The molecule has 3 aliphatic rings. The van der Waals surface area contributed by atoms with E-state index in [-0.39, 0.29) is 0 Å². The molecule has 0 unspecified atom stereocenters. The van der Waals surface area contributed by atoms with Crippen molar-refractivity contribution in [3.05, 3.63) is 54.1 Å². The van der Waals surface area contributed by atoms with Crippen LogP contribution in [0.4, 0.5) is 0 Å². The Kier molecular flexibility index (Phi) is 4.48. The molecule has 2 saturated carbocycles. The molecule has 0 radical (unpaired) electrons. The van der Waals surface area contributed by atoms with Crippen LogP contribution in [0.5, 0.6) is 0 Å². The first-order valence-electron chi connectivity index (χ1n) is 8.79. The van der Waals surface area contributed by atoms with Crippen molar-refractivity contribution >= 4 is 29.6 Å².